The van der Waals surface area contributed by atoms with E-state index in [0.717, 1.165) is 55.2 Å². The maximum Gasteiger partial charge on any atom is 0.219 e. The van der Waals surface area contributed by atoms with Crippen molar-refractivity contribution in [1.29, 1.82) is 0 Å². The molecule has 0 saturated heterocycles. The summed E-state index contributed by atoms with van der Waals surface area (Å²) >= 11 is 0. The Kier molecular flexibility index (Phi) is 6.50. The van der Waals surface area contributed by atoms with Gasteiger partial charge in [0.1, 0.15) is 11.8 Å². The first-order valence-electron chi connectivity index (χ1n) is 11.3. The first-order chi connectivity index (χ1) is 15.0. The molecule has 0 N–H and O–H groups in total. The number of nitrogens with zero attached hydrogens (tertiary/aromatic N) is 3. The van der Waals surface area contributed by atoms with E-state index in [9.17, 15) is 0 Å². The zero-order chi connectivity index (χ0) is 21.8. The van der Waals surface area contributed by atoms with E-state index in [4.69, 9.17) is 9.25 Å². The molecule has 1 aliphatic rings. The van der Waals surface area contributed by atoms with Gasteiger partial charge in [-0.05, 0) is 55.9 Å². The summed E-state index contributed by atoms with van der Waals surface area (Å²) in [5.74, 6) is 1.77. The lowest BCUT2D eigenvalue weighted by Gasteiger charge is -2.07. The summed E-state index contributed by atoms with van der Waals surface area (Å²) in [5.41, 5.74) is 7.07. The molecule has 0 saturated carbocycles. The summed E-state index contributed by atoms with van der Waals surface area (Å²) in [5, 5.41) is 12.8. The van der Waals surface area contributed by atoms with E-state index in [1.807, 2.05) is 13.8 Å². The Labute approximate surface area is 184 Å². The van der Waals surface area contributed by atoms with Gasteiger partial charge in [-0.1, -0.05) is 61.8 Å². The number of fused-ring (bicyclic) bond motifs is 3. The normalized spacial score (nSPS) is 13.8. The van der Waals surface area contributed by atoms with E-state index >= 15 is 0 Å². The van der Waals surface area contributed by atoms with Gasteiger partial charge in [0, 0.05) is 23.5 Å². The van der Waals surface area contributed by atoms with Crippen LogP contribution in [0.25, 0.3) is 11.1 Å². The van der Waals surface area contributed by atoms with Crippen LogP contribution < -0.4 is 0 Å². The fourth-order valence-corrected chi connectivity index (χ4v) is 3.89. The molecular formula is C26H31N3O2. The average molecular weight is 418 g/mol. The van der Waals surface area contributed by atoms with Gasteiger partial charge >= 0.3 is 0 Å². The third-order valence-electron chi connectivity index (χ3n) is 5.50. The zero-order valence-corrected chi connectivity index (χ0v) is 18.9. The maximum absolute atomic E-state index is 5.70. The number of oxime groups is 1. The molecular weight excluding hydrogens is 386 g/mol. The number of hydrogen-bond donors (Lipinski definition) is 0. The minimum absolute atomic E-state index is 0.0577. The predicted octanol–water partition coefficient (Wildman–Crippen LogP) is 6.31. The van der Waals surface area contributed by atoms with Gasteiger partial charge in [0.25, 0.3) is 0 Å². The van der Waals surface area contributed by atoms with Crippen molar-refractivity contribution in [3.05, 3.63) is 70.9 Å². The number of aromatic nitrogens is 2. The third-order valence-corrected chi connectivity index (χ3v) is 5.50. The van der Waals surface area contributed by atoms with E-state index in [0.29, 0.717) is 0 Å². The average Bonchev–Trinajstić information content (AvgIpc) is 3.35. The van der Waals surface area contributed by atoms with Crippen molar-refractivity contribution >= 4 is 5.71 Å². The summed E-state index contributed by atoms with van der Waals surface area (Å²) < 4.78 is 5.70. The van der Waals surface area contributed by atoms with E-state index < -0.39 is 0 Å². The summed E-state index contributed by atoms with van der Waals surface area (Å²) in [6.07, 6.45) is 5.28. The molecule has 0 radical (unpaired) electrons. The molecule has 1 aliphatic carbocycles. The van der Waals surface area contributed by atoms with Crippen LogP contribution in [-0.4, -0.2) is 22.0 Å². The van der Waals surface area contributed by atoms with Gasteiger partial charge in [-0.2, -0.15) is 0 Å². The zero-order valence-electron chi connectivity index (χ0n) is 18.9. The molecule has 0 fully saturated rings. The Morgan fingerprint density at radius 3 is 2.32 bits per heavy atom. The highest BCUT2D eigenvalue weighted by Gasteiger charge is 2.25. The molecule has 4 rings (SSSR count). The van der Waals surface area contributed by atoms with Crippen LogP contribution >= 0.6 is 0 Å². The topological polar surface area (TPSA) is 60.5 Å². The van der Waals surface area contributed by atoms with Crippen LogP contribution in [0.3, 0.4) is 0 Å². The second kappa shape index (κ2) is 9.46. The van der Waals surface area contributed by atoms with Crippen molar-refractivity contribution in [3.63, 3.8) is 0 Å². The molecule has 1 aromatic heterocycles. The largest absolute Gasteiger partial charge is 0.425 e. The van der Waals surface area contributed by atoms with Crippen LogP contribution in [0.1, 0.15) is 81.3 Å². The van der Waals surface area contributed by atoms with Crippen molar-refractivity contribution in [2.45, 2.75) is 71.8 Å². The van der Waals surface area contributed by atoms with Crippen molar-refractivity contribution in [3.8, 4) is 11.1 Å². The Hall–Kier alpha value is -2.95. The Morgan fingerprint density at radius 2 is 1.58 bits per heavy atom. The smallest absolute Gasteiger partial charge is 0.219 e. The number of rotatable bonds is 9. The molecule has 5 nitrogen and oxygen atoms in total. The van der Waals surface area contributed by atoms with Gasteiger partial charge < -0.3 is 9.25 Å². The second-order valence-electron chi connectivity index (χ2n) is 8.77. The van der Waals surface area contributed by atoms with Crippen LogP contribution in [0.5, 0.6) is 0 Å². The van der Waals surface area contributed by atoms with Gasteiger partial charge in [-0.15, -0.1) is 10.2 Å². The van der Waals surface area contributed by atoms with E-state index in [-0.39, 0.29) is 12.0 Å². The van der Waals surface area contributed by atoms with Gasteiger partial charge in [0.2, 0.25) is 11.8 Å². The second-order valence-corrected chi connectivity index (χ2v) is 8.77. The highest BCUT2D eigenvalue weighted by molar-refractivity contribution is 6.24. The van der Waals surface area contributed by atoms with Crippen LogP contribution in [0.4, 0.5) is 0 Å². The molecule has 0 aliphatic heterocycles. The van der Waals surface area contributed by atoms with Crippen molar-refractivity contribution in [1.82, 2.24) is 10.2 Å². The highest BCUT2D eigenvalue weighted by atomic mass is 16.6. The Bertz CT molecular complexity index is 1070. The molecule has 0 atom stereocenters. The predicted molar refractivity (Wildman–Crippen MR) is 123 cm³/mol. The number of unbranched alkanes of at least 4 members (excludes halogenated alkanes) is 2. The van der Waals surface area contributed by atoms with Gasteiger partial charge in [-0.25, -0.2) is 0 Å². The van der Waals surface area contributed by atoms with E-state index in [2.05, 4.69) is 71.7 Å². The van der Waals surface area contributed by atoms with Crippen molar-refractivity contribution < 1.29 is 9.25 Å². The fraction of sp³-hybridized carbons (Fsp3) is 0.423. The highest BCUT2D eigenvalue weighted by Crippen LogP contribution is 2.37. The maximum atomic E-state index is 5.70. The lowest BCUT2D eigenvalue weighted by molar-refractivity contribution is 0.0863. The minimum Gasteiger partial charge on any atom is -0.425 e. The van der Waals surface area contributed by atoms with Crippen LogP contribution in [0, 0.1) is 0 Å². The summed E-state index contributed by atoms with van der Waals surface area (Å²) in [7, 11) is 0. The first kappa shape index (κ1) is 21.3. The van der Waals surface area contributed by atoms with E-state index in [1.165, 1.54) is 22.3 Å². The molecule has 0 bridgehead atoms. The number of hydrogen-bond acceptors (Lipinski definition) is 5. The summed E-state index contributed by atoms with van der Waals surface area (Å²) in [4.78, 5) is 5.62. The molecule has 0 unspecified atom stereocenters. The van der Waals surface area contributed by atoms with Crippen LogP contribution in [0.15, 0.2) is 52.0 Å². The van der Waals surface area contributed by atoms with Gasteiger partial charge in [0.05, 0.1) is 0 Å². The lowest BCUT2D eigenvalue weighted by atomic mass is 9.99. The molecule has 162 valence electrons. The lowest BCUT2D eigenvalue weighted by Crippen LogP contribution is -2.04. The molecule has 5 heteroatoms. The SMILES string of the molecule is CC(C)ON=C1c2ccccc2-c2ccc(CCCCCc3nnc(C(C)C)o3)cc21. The molecule has 3 aromatic rings. The Morgan fingerprint density at radius 1 is 0.839 bits per heavy atom. The Balaban J connectivity index is 1.38. The summed E-state index contributed by atoms with van der Waals surface area (Å²) in [6.45, 7) is 8.13. The standard InChI is InChI=1S/C26H31N3O2/c1-17(2)26-28-27-24(30-26)13-7-5-6-10-19-14-15-21-20-11-8-9-12-22(20)25(23(21)16-19)29-31-18(3)4/h8-9,11-12,14-18H,5-7,10,13H2,1-4H3. The van der Waals surface area contributed by atoms with Crippen molar-refractivity contribution in [2.75, 3.05) is 0 Å². The molecule has 2 aromatic carbocycles. The van der Waals surface area contributed by atoms with Crippen LogP contribution in [-0.2, 0) is 17.7 Å². The summed E-state index contributed by atoms with van der Waals surface area (Å²) in [6, 6.07) is 15.2. The monoisotopic (exact) mass is 417 g/mol. The molecule has 1 heterocycles. The van der Waals surface area contributed by atoms with Crippen LogP contribution in [0.2, 0.25) is 0 Å². The fourth-order valence-electron chi connectivity index (χ4n) is 3.89. The van der Waals surface area contributed by atoms with E-state index in [1.54, 1.807) is 0 Å². The third kappa shape index (κ3) is 4.87. The first-order valence-corrected chi connectivity index (χ1v) is 11.3. The number of benzene rings is 2. The quantitative estimate of drug-likeness (QED) is 0.237. The van der Waals surface area contributed by atoms with Crippen molar-refractivity contribution in [2.24, 2.45) is 5.16 Å². The van der Waals surface area contributed by atoms with Gasteiger partial charge in [-0.3, -0.25) is 0 Å². The molecule has 0 amide bonds. The molecule has 0 spiro atoms. The molecule has 31 heavy (non-hydrogen) atoms. The van der Waals surface area contributed by atoms with Gasteiger partial charge in [0.15, 0.2) is 0 Å². The minimum atomic E-state index is 0.0577. The number of aryl methyl sites for hydroxylation is 2.